The van der Waals surface area contributed by atoms with Crippen LogP contribution in [0.5, 0.6) is 5.75 Å². The minimum atomic E-state index is -2.47. The number of H-pyrrole nitrogens is 1. The van der Waals surface area contributed by atoms with Crippen molar-refractivity contribution in [1.29, 1.82) is 0 Å². The SMILES string of the molecule is COc1ccc([Si](C)(C)[C@H]2[C@H](CC(=O)N3CCC[C@H]3CO)O[C@@]3(C(=O)N(Cc4ccc(NC(=O)Cc5c[nH]c6ccccc56)cc4)c4ccc(Br)cc43)[C@@H]2C)cc1. The van der Waals surface area contributed by atoms with Crippen molar-refractivity contribution in [3.05, 3.63) is 118 Å². The number of fused-ring (bicyclic) bond motifs is 3. The number of carbonyl (C=O) groups excluding carboxylic acids is 3. The topological polar surface area (TPSA) is 124 Å². The molecule has 5 atom stereocenters. The van der Waals surface area contributed by atoms with Gasteiger partial charge in [-0.05, 0) is 78.0 Å². The monoisotopic (exact) mass is 848 g/mol. The van der Waals surface area contributed by atoms with Crippen LogP contribution in [0.2, 0.25) is 18.6 Å². The maximum atomic E-state index is 15.2. The molecule has 3 N–H and O–H groups in total. The molecule has 4 heterocycles. The van der Waals surface area contributed by atoms with Gasteiger partial charge in [0, 0.05) is 45.3 Å². The number of carbonyl (C=O) groups is 3. The van der Waals surface area contributed by atoms with Crippen molar-refractivity contribution in [3.8, 4) is 5.75 Å². The molecule has 3 aliphatic rings. The quantitative estimate of drug-likeness (QED) is 0.120. The van der Waals surface area contributed by atoms with Gasteiger partial charge in [-0.3, -0.25) is 14.4 Å². The number of hydrogen-bond acceptors (Lipinski definition) is 6. The normalized spacial score (nSPS) is 23.1. The first-order chi connectivity index (χ1) is 27.4. The molecule has 2 saturated heterocycles. The summed E-state index contributed by atoms with van der Waals surface area (Å²) in [6, 6.07) is 29.4. The van der Waals surface area contributed by atoms with E-state index in [1.165, 1.54) is 5.19 Å². The first kappa shape index (κ1) is 39.1. The van der Waals surface area contributed by atoms with Gasteiger partial charge in [0.05, 0.1) is 59.0 Å². The highest BCUT2D eigenvalue weighted by atomic mass is 79.9. The molecule has 1 aromatic heterocycles. The number of aliphatic hydroxyl groups is 1. The Hall–Kier alpha value is -4.75. The molecular formula is C45H49BrN4O6Si. The molecule has 0 unspecified atom stereocenters. The predicted molar refractivity (Wildman–Crippen MR) is 228 cm³/mol. The standard InChI is InChI=1S/C45H49BrN4O6Si/c1-28-43(57(3,4)35-18-16-34(55-2)17-19-35)40(24-42(53)49-21-7-8-33(49)27-51)56-45(28)37-23-31(46)13-20-39(37)50(44(45)54)26-29-11-14-32(15-12-29)48-41(52)22-30-25-47-38-10-6-5-9-36(30)38/h5-6,9-20,23,25,28,33,40,43,47,51H,7-8,21-22,24,26-27H2,1-4H3,(H,48,52)/t28-,33+,40+,43-,45+/m1/s1. The first-order valence-corrected chi connectivity index (χ1v) is 23.6. The van der Waals surface area contributed by atoms with Crippen LogP contribution >= 0.6 is 15.9 Å². The van der Waals surface area contributed by atoms with Gasteiger partial charge in [-0.25, -0.2) is 0 Å². The zero-order valence-corrected chi connectivity index (χ0v) is 35.3. The molecule has 0 aliphatic carbocycles. The second-order valence-corrected chi connectivity index (χ2v) is 21.9. The fraction of sp³-hybridized carbons (Fsp3) is 0.356. The number of nitrogens with zero attached hydrogens (tertiary/aromatic N) is 2. The van der Waals surface area contributed by atoms with Gasteiger partial charge in [0.2, 0.25) is 11.8 Å². The number of anilines is 2. The Labute approximate surface area is 342 Å². The summed E-state index contributed by atoms with van der Waals surface area (Å²) >= 11 is 3.69. The third-order valence-corrected chi connectivity index (χ3v) is 17.5. The summed E-state index contributed by atoms with van der Waals surface area (Å²) in [5.74, 6) is 0.194. The molecule has 57 heavy (non-hydrogen) atoms. The third kappa shape index (κ3) is 7.00. The van der Waals surface area contributed by atoms with Crippen LogP contribution in [0.15, 0.2) is 102 Å². The average molecular weight is 850 g/mol. The number of para-hydroxylation sites is 1. The second kappa shape index (κ2) is 15.5. The van der Waals surface area contributed by atoms with Crippen LogP contribution < -0.4 is 20.1 Å². The molecule has 1 spiro atoms. The Morgan fingerprint density at radius 2 is 1.81 bits per heavy atom. The van der Waals surface area contributed by atoms with Crippen molar-refractivity contribution in [2.75, 3.05) is 30.5 Å². The zero-order valence-electron chi connectivity index (χ0n) is 32.8. The Morgan fingerprint density at radius 3 is 2.54 bits per heavy atom. The highest BCUT2D eigenvalue weighted by Crippen LogP contribution is 2.60. The third-order valence-electron chi connectivity index (χ3n) is 12.7. The van der Waals surface area contributed by atoms with Gasteiger partial charge in [-0.2, -0.15) is 0 Å². The number of amides is 3. The van der Waals surface area contributed by atoms with Crippen molar-refractivity contribution in [2.24, 2.45) is 5.92 Å². The number of methoxy groups -OCH3 is 1. The minimum absolute atomic E-state index is 0.0456. The van der Waals surface area contributed by atoms with Crippen molar-refractivity contribution >= 4 is 69.2 Å². The van der Waals surface area contributed by atoms with Gasteiger partial charge in [-0.1, -0.05) is 83.6 Å². The van der Waals surface area contributed by atoms with E-state index in [0.717, 1.165) is 56.3 Å². The predicted octanol–water partition coefficient (Wildman–Crippen LogP) is 7.26. The van der Waals surface area contributed by atoms with E-state index in [1.807, 2.05) is 90.0 Å². The largest absolute Gasteiger partial charge is 0.497 e. The van der Waals surface area contributed by atoms with Crippen LogP contribution in [0.3, 0.4) is 0 Å². The molecule has 10 nitrogen and oxygen atoms in total. The van der Waals surface area contributed by atoms with Crippen LogP contribution in [-0.4, -0.2) is 73.2 Å². The number of halogens is 1. The number of rotatable bonds is 11. The number of aromatic amines is 1. The second-order valence-electron chi connectivity index (χ2n) is 16.3. The molecule has 0 bridgehead atoms. The number of benzene rings is 4. The van der Waals surface area contributed by atoms with E-state index < -0.39 is 19.8 Å². The molecule has 5 aromatic rings. The fourth-order valence-corrected chi connectivity index (χ4v) is 14.2. The van der Waals surface area contributed by atoms with Gasteiger partial charge in [0.15, 0.2) is 5.60 Å². The average Bonchev–Trinajstić information content (AvgIpc) is 3.97. The van der Waals surface area contributed by atoms with Crippen molar-refractivity contribution in [3.63, 3.8) is 0 Å². The Morgan fingerprint density at radius 1 is 1.05 bits per heavy atom. The van der Waals surface area contributed by atoms with Crippen LogP contribution in [0.25, 0.3) is 10.9 Å². The first-order valence-electron chi connectivity index (χ1n) is 19.7. The summed E-state index contributed by atoms with van der Waals surface area (Å²) in [6.45, 7) is 7.58. The lowest BCUT2D eigenvalue weighted by molar-refractivity contribution is -0.150. The van der Waals surface area contributed by atoms with E-state index in [0.29, 0.717) is 18.8 Å². The smallest absolute Gasteiger partial charge is 0.264 e. The highest BCUT2D eigenvalue weighted by molar-refractivity contribution is 9.10. The molecule has 3 amide bonds. The number of ether oxygens (including phenoxy) is 2. The molecule has 2 fully saturated rings. The van der Waals surface area contributed by atoms with Crippen LogP contribution in [0.1, 0.15) is 42.9 Å². The minimum Gasteiger partial charge on any atom is -0.497 e. The summed E-state index contributed by atoms with van der Waals surface area (Å²) in [6.07, 6.45) is 3.35. The lowest BCUT2D eigenvalue weighted by atomic mass is 9.82. The van der Waals surface area contributed by atoms with Crippen LogP contribution in [-0.2, 0) is 37.7 Å². The molecular weight excluding hydrogens is 801 g/mol. The van der Waals surface area contributed by atoms with E-state index in [-0.39, 0.29) is 54.7 Å². The molecule has 8 rings (SSSR count). The van der Waals surface area contributed by atoms with Crippen molar-refractivity contribution in [2.45, 2.75) is 75.5 Å². The fourth-order valence-electron chi connectivity index (χ4n) is 9.82. The number of aliphatic hydroxyl groups excluding tert-OH is 1. The van der Waals surface area contributed by atoms with Crippen molar-refractivity contribution < 1.29 is 29.0 Å². The van der Waals surface area contributed by atoms with E-state index in [9.17, 15) is 14.7 Å². The summed E-state index contributed by atoms with van der Waals surface area (Å²) in [5, 5.41) is 15.3. The van der Waals surface area contributed by atoms with Crippen LogP contribution in [0.4, 0.5) is 11.4 Å². The number of nitrogens with one attached hydrogen (secondary N) is 2. The zero-order chi connectivity index (χ0) is 40.1. The molecule has 12 heteroatoms. The molecule has 296 valence electrons. The van der Waals surface area contributed by atoms with Crippen LogP contribution in [0, 0.1) is 5.92 Å². The number of aromatic nitrogens is 1. The lowest BCUT2D eigenvalue weighted by Gasteiger charge is -2.37. The molecule has 3 aliphatic heterocycles. The Kier molecular flexibility index (Phi) is 10.7. The maximum absolute atomic E-state index is 15.2. The van der Waals surface area contributed by atoms with E-state index in [2.05, 4.69) is 58.4 Å². The van der Waals surface area contributed by atoms with Gasteiger partial charge in [0.1, 0.15) is 5.75 Å². The molecule has 0 radical (unpaired) electrons. The highest BCUT2D eigenvalue weighted by Gasteiger charge is 2.66. The van der Waals surface area contributed by atoms with Gasteiger partial charge >= 0.3 is 0 Å². The summed E-state index contributed by atoms with van der Waals surface area (Å²) in [7, 11) is -0.815. The summed E-state index contributed by atoms with van der Waals surface area (Å²) < 4.78 is 13.5. The molecule has 0 saturated carbocycles. The Balaban J connectivity index is 1.08. The van der Waals surface area contributed by atoms with E-state index in [4.69, 9.17) is 9.47 Å². The van der Waals surface area contributed by atoms with Gasteiger partial charge in [-0.15, -0.1) is 0 Å². The Bertz CT molecular complexity index is 2310. The number of hydrogen-bond donors (Lipinski definition) is 3. The summed E-state index contributed by atoms with van der Waals surface area (Å²) in [4.78, 5) is 49.2. The van der Waals surface area contributed by atoms with Gasteiger partial charge in [0.25, 0.3) is 5.91 Å². The van der Waals surface area contributed by atoms with E-state index in [1.54, 1.807) is 12.0 Å². The van der Waals surface area contributed by atoms with E-state index >= 15 is 4.79 Å². The van der Waals surface area contributed by atoms with Crippen molar-refractivity contribution in [1.82, 2.24) is 9.88 Å². The lowest BCUT2D eigenvalue weighted by Crippen LogP contribution is -2.52. The number of likely N-dealkylation sites (tertiary alicyclic amines) is 1. The van der Waals surface area contributed by atoms with Gasteiger partial charge < -0.3 is 34.7 Å². The maximum Gasteiger partial charge on any atom is 0.264 e. The summed E-state index contributed by atoms with van der Waals surface area (Å²) in [5.41, 5.74) is 3.66. The molecule has 4 aromatic carbocycles.